The van der Waals surface area contributed by atoms with Gasteiger partial charge in [-0.25, -0.2) is 9.18 Å². The number of phenols is 1. The van der Waals surface area contributed by atoms with Gasteiger partial charge in [0.2, 0.25) is 0 Å². The van der Waals surface area contributed by atoms with Gasteiger partial charge in [0.1, 0.15) is 11.3 Å². The van der Waals surface area contributed by atoms with Gasteiger partial charge in [-0.15, -0.1) is 0 Å². The summed E-state index contributed by atoms with van der Waals surface area (Å²) in [5.74, 6) is -3.26. The van der Waals surface area contributed by atoms with Crippen molar-refractivity contribution in [2.75, 3.05) is 33.5 Å². The number of hydrogen-bond donors (Lipinski definition) is 3. The molecule has 27 heavy (non-hydrogen) atoms. The molecule has 1 aliphatic rings. The van der Waals surface area contributed by atoms with Gasteiger partial charge in [-0.1, -0.05) is 0 Å². The van der Waals surface area contributed by atoms with E-state index in [4.69, 9.17) is 14.2 Å². The van der Waals surface area contributed by atoms with Crippen LogP contribution < -0.4 is 15.4 Å². The Morgan fingerprint density at radius 3 is 2.44 bits per heavy atom. The number of ether oxygens (including phenoxy) is 3. The van der Waals surface area contributed by atoms with E-state index in [0.29, 0.717) is 26.2 Å². The third-order valence-electron chi connectivity index (χ3n) is 3.45. The Morgan fingerprint density at radius 1 is 1.07 bits per heavy atom. The van der Waals surface area contributed by atoms with E-state index >= 15 is 0 Å². The fourth-order valence-electron chi connectivity index (χ4n) is 2.13. The summed E-state index contributed by atoms with van der Waals surface area (Å²) in [5, 5.41) is 13.8. The fraction of sp³-hybridized carbons (Fsp3) is 0.353. The molecule has 0 radical (unpaired) electrons. The number of carbonyl (C=O) groups is 3. The van der Waals surface area contributed by atoms with Crippen LogP contribution in [0.5, 0.6) is 11.5 Å². The van der Waals surface area contributed by atoms with Gasteiger partial charge < -0.3 is 19.3 Å². The number of amides is 4. The number of phenolic OH excluding ortho intramolecular Hbond substituents is 1. The van der Waals surface area contributed by atoms with E-state index in [1.54, 1.807) is 7.11 Å². The molecule has 0 spiro atoms. The molecule has 1 aromatic carbocycles. The number of urea groups is 1. The number of benzene rings is 1. The van der Waals surface area contributed by atoms with Crippen molar-refractivity contribution in [2.45, 2.75) is 6.42 Å². The van der Waals surface area contributed by atoms with E-state index in [2.05, 4.69) is 0 Å². The first kappa shape index (κ1) is 20.3. The Morgan fingerprint density at radius 2 is 1.78 bits per heavy atom. The molecule has 10 heteroatoms. The van der Waals surface area contributed by atoms with Crippen LogP contribution in [-0.4, -0.2) is 56.5 Å². The van der Waals surface area contributed by atoms with Crippen LogP contribution in [-0.2, 0) is 19.1 Å². The van der Waals surface area contributed by atoms with Crippen molar-refractivity contribution in [1.82, 2.24) is 10.6 Å². The number of halogens is 1. The summed E-state index contributed by atoms with van der Waals surface area (Å²) < 4.78 is 29.5. The normalized spacial score (nSPS) is 14.0. The molecule has 4 amide bonds. The number of barbiturate groups is 1. The van der Waals surface area contributed by atoms with Crippen molar-refractivity contribution >= 4 is 23.9 Å². The standard InChI is InChI=1S/C17H19FN2O7/c1-25-5-6-26-3-2-4-27-14-9-13(21)10(8-12(14)18)7-11-15(22)19-17(24)20-16(11)23/h7-9,21H,2-6H2,1H3,(H2,19,20,22,23,24). The molecule has 3 N–H and O–H groups in total. The van der Waals surface area contributed by atoms with Crippen LogP contribution >= 0.6 is 0 Å². The molecule has 0 atom stereocenters. The molecular weight excluding hydrogens is 363 g/mol. The van der Waals surface area contributed by atoms with E-state index in [9.17, 15) is 23.9 Å². The maximum Gasteiger partial charge on any atom is 0.328 e. The number of aromatic hydroxyl groups is 1. The third kappa shape index (κ3) is 5.76. The largest absolute Gasteiger partial charge is 0.507 e. The zero-order valence-electron chi connectivity index (χ0n) is 14.5. The van der Waals surface area contributed by atoms with E-state index in [-0.39, 0.29) is 17.9 Å². The molecule has 0 unspecified atom stereocenters. The second kappa shape index (κ2) is 9.64. The number of carbonyl (C=O) groups excluding carboxylic acids is 3. The average Bonchev–Trinajstić information content (AvgIpc) is 2.60. The maximum absolute atomic E-state index is 14.1. The first-order chi connectivity index (χ1) is 12.9. The molecule has 0 aliphatic carbocycles. The molecule has 1 saturated heterocycles. The highest BCUT2D eigenvalue weighted by atomic mass is 19.1. The Balaban J connectivity index is 2.00. The molecule has 0 bridgehead atoms. The van der Waals surface area contributed by atoms with Gasteiger partial charge >= 0.3 is 6.03 Å². The zero-order chi connectivity index (χ0) is 19.8. The Hall–Kier alpha value is -2.98. The van der Waals surface area contributed by atoms with Crippen molar-refractivity contribution in [1.29, 1.82) is 0 Å². The number of methoxy groups -OCH3 is 1. The van der Waals surface area contributed by atoms with Crippen LogP contribution in [0.15, 0.2) is 17.7 Å². The molecule has 0 aromatic heterocycles. The van der Waals surface area contributed by atoms with Crippen molar-refractivity contribution in [3.8, 4) is 11.5 Å². The Bertz CT molecular complexity index is 742. The van der Waals surface area contributed by atoms with Crippen LogP contribution in [0.4, 0.5) is 9.18 Å². The second-order valence-corrected chi connectivity index (χ2v) is 5.44. The highest BCUT2D eigenvalue weighted by molar-refractivity contribution is 6.31. The van der Waals surface area contributed by atoms with Crippen LogP contribution in [0.25, 0.3) is 6.08 Å². The smallest absolute Gasteiger partial charge is 0.328 e. The lowest BCUT2D eigenvalue weighted by Crippen LogP contribution is -2.51. The molecule has 1 fully saturated rings. The maximum atomic E-state index is 14.1. The SMILES string of the molecule is COCCOCCCOc1cc(O)c(C=C2C(=O)NC(=O)NC2=O)cc1F. The molecule has 146 valence electrons. The summed E-state index contributed by atoms with van der Waals surface area (Å²) in [4.78, 5) is 34.4. The van der Waals surface area contributed by atoms with Crippen molar-refractivity contribution in [3.63, 3.8) is 0 Å². The molecule has 9 nitrogen and oxygen atoms in total. The fourth-order valence-corrected chi connectivity index (χ4v) is 2.13. The van der Waals surface area contributed by atoms with Gasteiger partial charge in [0.25, 0.3) is 11.8 Å². The summed E-state index contributed by atoms with van der Waals surface area (Å²) in [7, 11) is 1.56. The zero-order valence-corrected chi connectivity index (χ0v) is 14.5. The van der Waals surface area contributed by atoms with Crippen molar-refractivity contribution in [3.05, 3.63) is 29.1 Å². The second-order valence-electron chi connectivity index (χ2n) is 5.44. The number of hydrogen-bond acceptors (Lipinski definition) is 7. The lowest BCUT2D eigenvalue weighted by Gasteiger charge is -2.14. The minimum atomic E-state index is -0.951. The predicted octanol–water partition coefficient (Wildman–Crippen LogP) is 0.713. The molecule has 1 aliphatic heterocycles. The first-order valence-electron chi connectivity index (χ1n) is 8.02. The highest BCUT2D eigenvalue weighted by Gasteiger charge is 2.28. The van der Waals surface area contributed by atoms with Crippen LogP contribution in [0.3, 0.4) is 0 Å². The lowest BCUT2D eigenvalue weighted by molar-refractivity contribution is -0.123. The number of nitrogens with one attached hydrogen (secondary N) is 2. The summed E-state index contributed by atoms with van der Waals surface area (Å²) in [6.07, 6.45) is 1.48. The van der Waals surface area contributed by atoms with Crippen molar-refractivity contribution < 1.29 is 38.1 Å². The van der Waals surface area contributed by atoms with Gasteiger partial charge in [0.15, 0.2) is 11.6 Å². The number of imide groups is 2. The Labute approximate surface area is 154 Å². The van der Waals surface area contributed by atoms with Crippen LogP contribution in [0.1, 0.15) is 12.0 Å². The summed E-state index contributed by atoms with van der Waals surface area (Å²) in [6, 6.07) is 1.01. The Kier molecular flexibility index (Phi) is 7.26. The highest BCUT2D eigenvalue weighted by Crippen LogP contribution is 2.29. The summed E-state index contributed by atoms with van der Waals surface area (Å²) >= 11 is 0. The van der Waals surface area contributed by atoms with Crippen LogP contribution in [0.2, 0.25) is 0 Å². The van der Waals surface area contributed by atoms with Gasteiger partial charge in [-0.2, -0.15) is 0 Å². The van der Waals surface area contributed by atoms with E-state index < -0.39 is 35.0 Å². The third-order valence-corrected chi connectivity index (χ3v) is 3.45. The minimum Gasteiger partial charge on any atom is -0.507 e. The van der Waals surface area contributed by atoms with Gasteiger partial charge in [0, 0.05) is 31.8 Å². The average molecular weight is 382 g/mol. The van der Waals surface area contributed by atoms with E-state index in [0.717, 1.165) is 18.2 Å². The van der Waals surface area contributed by atoms with Crippen LogP contribution in [0, 0.1) is 5.82 Å². The topological polar surface area (TPSA) is 123 Å². The molecule has 2 rings (SSSR count). The van der Waals surface area contributed by atoms with E-state index in [1.807, 2.05) is 10.6 Å². The predicted molar refractivity (Wildman–Crippen MR) is 90.5 cm³/mol. The first-order valence-corrected chi connectivity index (χ1v) is 8.02. The van der Waals surface area contributed by atoms with Gasteiger partial charge in [-0.05, 0) is 12.1 Å². The van der Waals surface area contributed by atoms with Gasteiger partial charge in [0.05, 0.1) is 19.8 Å². The number of rotatable bonds is 9. The molecule has 0 saturated carbocycles. The molecule has 1 aromatic rings. The monoisotopic (exact) mass is 382 g/mol. The lowest BCUT2D eigenvalue weighted by atomic mass is 10.1. The minimum absolute atomic E-state index is 0.114. The van der Waals surface area contributed by atoms with E-state index in [1.165, 1.54) is 0 Å². The molecular formula is C17H19FN2O7. The van der Waals surface area contributed by atoms with Gasteiger partial charge in [-0.3, -0.25) is 20.2 Å². The van der Waals surface area contributed by atoms with Crippen molar-refractivity contribution in [2.24, 2.45) is 0 Å². The quantitative estimate of drug-likeness (QED) is 0.327. The summed E-state index contributed by atoms with van der Waals surface area (Å²) in [6.45, 7) is 1.49. The molecule has 1 heterocycles. The summed E-state index contributed by atoms with van der Waals surface area (Å²) in [5.41, 5.74) is -0.552.